The maximum Gasteiger partial charge on any atom is 0.374 e. The summed E-state index contributed by atoms with van der Waals surface area (Å²) in [5.41, 5.74) is 1.44. The molecule has 1 N–H and O–H groups in total. The number of amides is 1. The molecule has 8 heteroatoms. The average molecular weight is 429 g/mol. The zero-order valence-corrected chi connectivity index (χ0v) is 16.9. The fourth-order valence-electron chi connectivity index (χ4n) is 2.94. The first-order valence-electron chi connectivity index (χ1n) is 9.81. The lowest BCUT2D eigenvalue weighted by atomic mass is 10.1. The number of carbonyl (C=O) groups is 3. The van der Waals surface area contributed by atoms with Crippen LogP contribution in [0.3, 0.4) is 0 Å². The first kappa shape index (κ1) is 20.8. The van der Waals surface area contributed by atoms with Crippen molar-refractivity contribution in [2.24, 2.45) is 0 Å². The van der Waals surface area contributed by atoms with E-state index in [-0.39, 0.29) is 17.5 Å². The van der Waals surface area contributed by atoms with Gasteiger partial charge in [-0.2, -0.15) is 5.10 Å². The quantitative estimate of drug-likeness (QED) is 0.337. The number of ether oxygens (including phenoxy) is 1. The van der Waals surface area contributed by atoms with Gasteiger partial charge in [0.25, 0.3) is 5.91 Å². The van der Waals surface area contributed by atoms with Crippen molar-refractivity contribution in [3.05, 3.63) is 108 Å². The Bertz CT molecular complexity index is 1210. The van der Waals surface area contributed by atoms with Crippen LogP contribution in [0, 0.1) is 0 Å². The molecule has 0 aliphatic heterocycles. The van der Waals surface area contributed by atoms with Crippen molar-refractivity contribution in [1.82, 2.24) is 9.78 Å². The summed E-state index contributed by atoms with van der Waals surface area (Å²) in [6, 6.07) is 20.1. The summed E-state index contributed by atoms with van der Waals surface area (Å²) in [6.07, 6.45) is 3.42. The molecule has 0 bridgehead atoms. The van der Waals surface area contributed by atoms with Crippen molar-refractivity contribution in [2.75, 3.05) is 11.9 Å². The number of nitrogens with zero attached hydrogens (tertiary/aromatic N) is 2. The first-order valence-corrected chi connectivity index (χ1v) is 9.81. The van der Waals surface area contributed by atoms with Crippen molar-refractivity contribution in [3.63, 3.8) is 0 Å². The summed E-state index contributed by atoms with van der Waals surface area (Å²) in [4.78, 5) is 36.7. The third-order valence-corrected chi connectivity index (χ3v) is 4.57. The molecular weight excluding hydrogens is 410 g/mol. The molecule has 0 spiro atoms. The van der Waals surface area contributed by atoms with Crippen LogP contribution in [0.2, 0.25) is 0 Å². The minimum Gasteiger partial charge on any atom is -0.452 e. The summed E-state index contributed by atoms with van der Waals surface area (Å²) in [5.74, 6) is -0.789. The van der Waals surface area contributed by atoms with Crippen molar-refractivity contribution in [2.45, 2.75) is 6.54 Å². The molecule has 0 fully saturated rings. The number of anilines is 1. The molecule has 2 heterocycles. The zero-order valence-electron chi connectivity index (χ0n) is 16.9. The van der Waals surface area contributed by atoms with Crippen LogP contribution in [0.5, 0.6) is 0 Å². The average Bonchev–Trinajstić information content (AvgIpc) is 3.51. The first-order chi connectivity index (χ1) is 15.6. The molecule has 32 heavy (non-hydrogen) atoms. The van der Waals surface area contributed by atoms with Crippen LogP contribution in [-0.2, 0) is 11.3 Å². The smallest absolute Gasteiger partial charge is 0.374 e. The molecule has 4 rings (SSSR count). The van der Waals surface area contributed by atoms with Crippen LogP contribution in [0.4, 0.5) is 5.69 Å². The Morgan fingerprint density at radius 3 is 2.41 bits per heavy atom. The number of benzene rings is 2. The van der Waals surface area contributed by atoms with E-state index >= 15 is 0 Å². The Labute approximate surface area is 183 Å². The zero-order chi connectivity index (χ0) is 22.3. The Hall–Kier alpha value is -4.46. The van der Waals surface area contributed by atoms with Crippen molar-refractivity contribution < 1.29 is 23.5 Å². The van der Waals surface area contributed by atoms with Crippen molar-refractivity contribution in [1.29, 1.82) is 0 Å². The minimum atomic E-state index is -0.725. The van der Waals surface area contributed by atoms with Gasteiger partial charge < -0.3 is 14.5 Å². The van der Waals surface area contributed by atoms with Gasteiger partial charge in [-0.25, -0.2) is 4.79 Å². The molecule has 160 valence electrons. The minimum absolute atomic E-state index is 0.0129. The fraction of sp³-hybridized carbons (Fsp3) is 0.0833. The third-order valence-electron chi connectivity index (χ3n) is 4.57. The molecule has 0 atom stereocenters. The van der Waals surface area contributed by atoms with E-state index in [9.17, 15) is 14.4 Å². The normalized spacial score (nSPS) is 10.5. The van der Waals surface area contributed by atoms with Gasteiger partial charge in [-0.3, -0.25) is 14.3 Å². The Kier molecular flexibility index (Phi) is 6.22. The van der Waals surface area contributed by atoms with E-state index in [0.29, 0.717) is 29.1 Å². The second kappa shape index (κ2) is 9.57. The van der Waals surface area contributed by atoms with Crippen LogP contribution in [-0.4, -0.2) is 34.0 Å². The summed E-state index contributed by atoms with van der Waals surface area (Å²) in [6.45, 7) is -0.0455. The Morgan fingerprint density at radius 2 is 1.69 bits per heavy atom. The largest absolute Gasteiger partial charge is 0.452 e. The lowest BCUT2D eigenvalue weighted by Gasteiger charge is -2.07. The van der Waals surface area contributed by atoms with Gasteiger partial charge in [-0.1, -0.05) is 18.2 Å². The number of esters is 1. The van der Waals surface area contributed by atoms with Gasteiger partial charge in [0, 0.05) is 29.2 Å². The maximum atomic E-state index is 12.3. The van der Waals surface area contributed by atoms with Gasteiger partial charge in [0.05, 0.1) is 6.54 Å². The summed E-state index contributed by atoms with van der Waals surface area (Å²) < 4.78 is 12.2. The molecular formula is C24H19N3O5. The molecule has 0 aliphatic rings. The van der Waals surface area contributed by atoms with E-state index in [4.69, 9.17) is 9.15 Å². The van der Waals surface area contributed by atoms with Gasteiger partial charge in [0.1, 0.15) is 5.76 Å². The standard InChI is InChI=1S/C24H19N3O5/c28-21(16-31-24(30)22-12-11-20(32-22)15-27-14-4-13-25-27)17-7-9-19(10-8-17)26-23(29)18-5-2-1-3-6-18/h1-14H,15-16H2,(H,26,29). The highest BCUT2D eigenvalue weighted by atomic mass is 16.5. The molecule has 0 saturated heterocycles. The van der Waals surface area contributed by atoms with Crippen LogP contribution in [0.1, 0.15) is 37.0 Å². The second-order valence-electron chi connectivity index (χ2n) is 6.87. The lowest BCUT2D eigenvalue weighted by molar-refractivity contribution is 0.0442. The number of furan rings is 1. The Morgan fingerprint density at radius 1 is 0.906 bits per heavy atom. The molecule has 0 radical (unpaired) electrons. The molecule has 0 aliphatic carbocycles. The van der Waals surface area contributed by atoms with E-state index in [2.05, 4.69) is 10.4 Å². The summed E-state index contributed by atoms with van der Waals surface area (Å²) >= 11 is 0. The predicted octanol–water partition coefficient (Wildman–Crippen LogP) is 3.82. The van der Waals surface area contributed by atoms with Gasteiger partial charge in [0.15, 0.2) is 12.4 Å². The van der Waals surface area contributed by atoms with Gasteiger partial charge in [-0.05, 0) is 54.6 Å². The topological polar surface area (TPSA) is 103 Å². The lowest BCUT2D eigenvalue weighted by Crippen LogP contribution is -2.14. The summed E-state index contributed by atoms with van der Waals surface area (Å²) in [7, 11) is 0. The second-order valence-corrected chi connectivity index (χ2v) is 6.87. The van der Waals surface area contributed by atoms with Gasteiger partial charge in [0.2, 0.25) is 5.76 Å². The van der Waals surface area contributed by atoms with Gasteiger partial charge >= 0.3 is 5.97 Å². The number of hydrogen-bond donors (Lipinski definition) is 1. The predicted molar refractivity (Wildman–Crippen MR) is 115 cm³/mol. The molecule has 1 amide bonds. The van der Waals surface area contributed by atoms with Crippen LogP contribution in [0.25, 0.3) is 0 Å². The number of nitrogens with one attached hydrogen (secondary N) is 1. The number of carbonyl (C=O) groups excluding carboxylic acids is 3. The van der Waals surface area contributed by atoms with Crippen molar-refractivity contribution in [3.8, 4) is 0 Å². The molecule has 0 unspecified atom stereocenters. The number of hydrogen-bond acceptors (Lipinski definition) is 6. The fourth-order valence-corrected chi connectivity index (χ4v) is 2.94. The van der Waals surface area contributed by atoms with Crippen molar-refractivity contribution >= 4 is 23.3 Å². The van der Waals surface area contributed by atoms with Crippen LogP contribution >= 0.6 is 0 Å². The van der Waals surface area contributed by atoms with E-state index in [1.165, 1.54) is 6.07 Å². The third kappa shape index (κ3) is 5.17. The molecule has 4 aromatic rings. The number of Topliss-reactive ketones (excluding diaryl/α,β-unsaturated/α-hetero) is 1. The molecule has 8 nitrogen and oxygen atoms in total. The van der Waals surface area contributed by atoms with E-state index < -0.39 is 12.6 Å². The summed E-state index contributed by atoms with van der Waals surface area (Å²) in [5, 5.41) is 6.83. The van der Waals surface area contributed by atoms with Gasteiger partial charge in [-0.15, -0.1) is 0 Å². The SMILES string of the molecule is O=C(COC(=O)c1ccc(Cn2cccn2)o1)c1ccc(NC(=O)c2ccccc2)cc1. The van der Waals surface area contributed by atoms with E-state index in [0.717, 1.165) is 0 Å². The Balaban J connectivity index is 1.29. The maximum absolute atomic E-state index is 12.3. The molecule has 0 saturated carbocycles. The monoisotopic (exact) mass is 429 g/mol. The highest BCUT2D eigenvalue weighted by Gasteiger charge is 2.16. The molecule has 2 aromatic heterocycles. The van der Waals surface area contributed by atoms with E-state index in [1.807, 2.05) is 6.07 Å². The number of ketones is 1. The number of aromatic nitrogens is 2. The van der Waals surface area contributed by atoms with E-state index in [1.54, 1.807) is 77.7 Å². The van der Waals surface area contributed by atoms with Crippen LogP contribution < -0.4 is 5.32 Å². The van der Waals surface area contributed by atoms with Crippen LogP contribution in [0.15, 0.2) is 89.6 Å². The highest BCUT2D eigenvalue weighted by molar-refractivity contribution is 6.04. The molecule has 2 aromatic carbocycles. The number of rotatable bonds is 8. The highest BCUT2D eigenvalue weighted by Crippen LogP contribution is 2.14.